The van der Waals surface area contributed by atoms with Gasteiger partial charge in [0.25, 0.3) is 0 Å². The van der Waals surface area contributed by atoms with Crippen molar-refractivity contribution < 1.29 is 13.9 Å². The van der Waals surface area contributed by atoms with E-state index in [1.165, 1.54) is 12.1 Å². The third-order valence-corrected chi connectivity index (χ3v) is 3.15. The van der Waals surface area contributed by atoms with Crippen LogP contribution in [0.4, 0.5) is 8.78 Å². The second kappa shape index (κ2) is 6.48. The van der Waals surface area contributed by atoms with Crippen LogP contribution in [0.25, 0.3) is 0 Å². The summed E-state index contributed by atoms with van der Waals surface area (Å²) >= 11 is 0. The van der Waals surface area contributed by atoms with Gasteiger partial charge in [-0.1, -0.05) is 18.2 Å². The lowest BCUT2D eigenvalue weighted by atomic mass is 10.1. The van der Waals surface area contributed by atoms with Crippen molar-refractivity contribution in [3.05, 3.63) is 64.7 Å². The van der Waals surface area contributed by atoms with Crippen LogP contribution in [-0.4, -0.2) is 11.7 Å². The molecule has 0 spiro atoms. The van der Waals surface area contributed by atoms with Crippen molar-refractivity contribution in [1.82, 2.24) is 5.32 Å². The van der Waals surface area contributed by atoms with Gasteiger partial charge in [-0.25, -0.2) is 8.78 Å². The van der Waals surface area contributed by atoms with Gasteiger partial charge < -0.3 is 10.4 Å². The smallest absolute Gasteiger partial charge is 0.126 e. The summed E-state index contributed by atoms with van der Waals surface area (Å²) in [6.07, 6.45) is 0.529. The molecule has 0 aliphatic heterocycles. The number of aromatic hydroxyl groups is 1. The van der Waals surface area contributed by atoms with Crippen LogP contribution in [0, 0.1) is 18.6 Å². The minimum atomic E-state index is -0.559. The largest absolute Gasteiger partial charge is 0.507 e. The minimum absolute atomic E-state index is 0.289. The van der Waals surface area contributed by atoms with Gasteiger partial charge in [0.1, 0.15) is 17.4 Å². The summed E-state index contributed by atoms with van der Waals surface area (Å²) in [7, 11) is 0. The van der Waals surface area contributed by atoms with E-state index in [1.54, 1.807) is 0 Å². The van der Waals surface area contributed by atoms with Crippen LogP contribution < -0.4 is 5.32 Å². The van der Waals surface area contributed by atoms with Gasteiger partial charge in [0.2, 0.25) is 0 Å². The van der Waals surface area contributed by atoms with Crippen molar-refractivity contribution >= 4 is 0 Å². The Balaban J connectivity index is 1.86. The van der Waals surface area contributed by atoms with E-state index in [1.807, 2.05) is 25.1 Å². The molecule has 0 aromatic heterocycles. The highest BCUT2D eigenvalue weighted by Crippen LogP contribution is 2.20. The van der Waals surface area contributed by atoms with E-state index in [9.17, 15) is 13.9 Å². The molecule has 0 aliphatic carbocycles. The Morgan fingerprint density at radius 1 is 1.10 bits per heavy atom. The number of hydrogen-bond acceptors (Lipinski definition) is 2. The molecule has 2 N–H and O–H groups in total. The van der Waals surface area contributed by atoms with Crippen molar-refractivity contribution in [3.63, 3.8) is 0 Å². The maximum atomic E-state index is 13.0. The Morgan fingerprint density at radius 3 is 2.50 bits per heavy atom. The molecule has 2 aromatic rings. The Bertz CT molecular complexity index is 579. The van der Waals surface area contributed by atoms with E-state index in [0.717, 1.165) is 17.2 Å². The quantitative estimate of drug-likeness (QED) is 0.822. The molecule has 0 unspecified atom stereocenters. The van der Waals surface area contributed by atoms with Gasteiger partial charge in [0, 0.05) is 18.2 Å². The number of phenolic OH excluding ortho intramolecular Hbond substituents is 1. The maximum absolute atomic E-state index is 13.0. The van der Waals surface area contributed by atoms with E-state index in [4.69, 9.17) is 0 Å². The van der Waals surface area contributed by atoms with Crippen molar-refractivity contribution in [2.24, 2.45) is 0 Å². The Labute approximate surface area is 117 Å². The van der Waals surface area contributed by atoms with Crippen LogP contribution >= 0.6 is 0 Å². The van der Waals surface area contributed by atoms with Gasteiger partial charge in [0.05, 0.1) is 0 Å². The van der Waals surface area contributed by atoms with Gasteiger partial charge >= 0.3 is 0 Å². The first kappa shape index (κ1) is 14.5. The number of benzene rings is 2. The average molecular weight is 277 g/mol. The second-order valence-electron chi connectivity index (χ2n) is 4.79. The molecule has 20 heavy (non-hydrogen) atoms. The van der Waals surface area contributed by atoms with E-state index in [0.29, 0.717) is 25.1 Å². The number of phenols is 1. The third kappa shape index (κ3) is 3.78. The number of hydrogen-bond donors (Lipinski definition) is 2. The first-order valence-corrected chi connectivity index (χ1v) is 6.49. The monoisotopic (exact) mass is 277 g/mol. The highest BCUT2D eigenvalue weighted by molar-refractivity contribution is 5.39. The minimum Gasteiger partial charge on any atom is -0.507 e. The molecule has 2 rings (SSSR count). The van der Waals surface area contributed by atoms with Crippen molar-refractivity contribution in [2.45, 2.75) is 19.9 Å². The zero-order chi connectivity index (χ0) is 14.5. The summed E-state index contributed by atoms with van der Waals surface area (Å²) in [5, 5.41) is 13.0. The predicted molar refractivity (Wildman–Crippen MR) is 74.6 cm³/mol. The van der Waals surface area contributed by atoms with Crippen LogP contribution in [0.5, 0.6) is 5.75 Å². The molecule has 0 saturated heterocycles. The zero-order valence-corrected chi connectivity index (χ0v) is 11.3. The van der Waals surface area contributed by atoms with E-state index in [2.05, 4.69) is 5.32 Å². The Kier molecular flexibility index (Phi) is 4.69. The lowest BCUT2D eigenvalue weighted by molar-refractivity contribution is 0.460. The van der Waals surface area contributed by atoms with E-state index >= 15 is 0 Å². The maximum Gasteiger partial charge on any atom is 0.126 e. The fraction of sp³-hybridized carbons (Fsp3) is 0.250. The number of para-hydroxylation sites is 1. The number of rotatable bonds is 5. The van der Waals surface area contributed by atoms with Gasteiger partial charge in [-0.2, -0.15) is 0 Å². The van der Waals surface area contributed by atoms with Gasteiger partial charge in [-0.15, -0.1) is 0 Å². The first-order chi connectivity index (χ1) is 9.56. The molecule has 0 atom stereocenters. The van der Waals surface area contributed by atoms with Gasteiger partial charge in [-0.05, 0) is 43.1 Å². The fourth-order valence-electron chi connectivity index (χ4n) is 2.07. The Hall–Kier alpha value is -1.94. The summed E-state index contributed by atoms with van der Waals surface area (Å²) in [5.74, 6) is -0.829. The number of aryl methyl sites for hydroxylation is 1. The molecule has 0 radical (unpaired) electrons. The number of halogens is 2. The molecule has 106 valence electrons. The Morgan fingerprint density at radius 2 is 1.80 bits per heavy atom. The molecule has 2 aromatic carbocycles. The summed E-state index contributed by atoms with van der Waals surface area (Å²) in [4.78, 5) is 0. The molecule has 2 nitrogen and oxygen atoms in total. The third-order valence-electron chi connectivity index (χ3n) is 3.15. The highest BCUT2D eigenvalue weighted by Gasteiger charge is 2.04. The first-order valence-electron chi connectivity index (χ1n) is 6.49. The fourth-order valence-corrected chi connectivity index (χ4v) is 2.07. The molecule has 0 aliphatic rings. The molecule has 0 amide bonds. The molecule has 4 heteroatoms. The molecule has 0 bridgehead atoms. The van der Waals surface area contributed by atoms with E-state index in [-0.39, 0.29) is 5.75 Å². The SMILES string of the molecule is Cc1cccc(CNCCc2cc(F)cc(F)c2)c1O. The zero-order valence-electron chi connectivity index (χ0n) is 11.3. The van der Waals surface area contributed by atoms with Gasteiger partial charge in [0.15, 0.2) is 0 Å². The summed E-state index contributed by atoms with van der Waals surface area (Å²) in [5.41, 5.74) is 2.26. The molecular weight excluding hydrogens is 260 g/mol. The van der Waals surface area contributed by atoms with Crippen LogP contribution in [0.1, 0.15) is 16.7 Å². The lowest BCUT2D eigenvalue weighted by Gasteiger charge is -2.09. The predicted octanol–water partition coefficient (Wildman–Crippen LogP) is 3.31. The summed E-state index contributed by atoms with van der Waals surface area (Å²) in [6, 6.07) is 9.09. The second-order valence-corrected chi connectivity index (χ2v) is 4.79. The van der Waals surface area contributed by atoms with Gasteiger partial charge in [-0.3, -0.25) is 0 Å². The lowest BCUT2D eigenvalue weighted by Crippen LogP contribution is -2.17. The van der Waals surface area contributed by atoms with Crippen molar-refractivity contribution in [3.8, 4) is 5.75 Å². The van der Waals surface area contributed by atoms with Crippen LogP contribution in [-0.2, 0) is 13.0 Å². The molecule has 0 fully saturated rings. The topological polar surface area (TPSA) is 32.3 Å². The normalized spacial score (nSPS) is 10.8. The standard InChI is InChI=1S/C16H17F2NO/c1-11-3-2-4-13(16(11)20)10-19-6-5-12-7-14(17)9-15(18)8-12/h2-4,7-9,19-20H,5-6,10H2,1H3. The van der Waals surface area contributed by atoms with E-state index < -0.39 is 11.6 Å². The van der Waals surface area contributed by atoms with Crippen molar-refractivity contribution in [1.29, 1.82) is 0 Å². The highest BCUT2D eigenvalue weighted by atomic mass is 19.1. The van der Waals surface area contributed by atoms with Crippen molar-refractivity contribution in [2.75, 3.05) is 6.54 Å². The number of nitrogens with one attached hydrogen (secondary N) is 1. The van der Waals surface area contributed by atoms with Crippen LogP contribution in [0.3, 0.4) is 0 Å². The molecule has 0 heterocycles. The van der Waals surface area contributed by atoms with Crippen LogP contribution in [0.15, 0.2) is 36.4 Å². The molecule has 0 saturated carbocycles. The average Bonchev–Trinajstić information content (AvgIpc) is 2.38. The van der Waals surface area contributed by atoms with Crippen LogP contribution in [0.2, 0.25) is 0 Å². The molecular formula is C16H17F2NO. The summed E-state index contributed by atoms with van der Waals surface area (Å²) in [6.45, 7) is 2.94. The summed E-state index contributed by atoms with van der Waals surface area (Å²) < 4.78 is 26.0.